The highest BCUT2D eigenvalue weighted by Crippen LogP contribution is 2.44. The third kappa shape index (κ3) is 1.45. The summed E-state index contributed by atoms with van der Waals surface area (Å²) in [6.45, 7) is 0. The Bertz CT molecular complexity index is 642. The van der Waals surface area contributed by atoms with Gasteiger partial charge < -0.3 is 20.5 Å². The monoisotopic (exact) mass is 261 g/mol. The van der Waals surface area contributed by atoms with E-state index in [1.165, 1.54) is 6.07 Å². The van der Waals surface area contributed by atoms with E-state index in [4.69, 9.17) is 5.73 Å². The number of rotatable bonds is 0. The second-order valence-corrected chi connectivity index (χ2v) is 5.61. The summed E-state index contributed by atoms with van der Waals surface area (Å²) in [5, 5.41) is 19.5. The van der Waals surface area contributed by atoms with Gasteiger partial charge in [0, 0.05) is 29.2 Å². The number of phenols is 2. The molecule has 0 aromatic heterocycles. The van der Waals surface area contributed by atoms with Gasteiger partial charge in [-0.2, -0.15) is 0 Å². The fraction of sp³-hybridized carbons (Fsp3) is 0.0769. The molecule has 2 aromatic rings. The van der Waals surface area contributed by atoms with Crippen LogP contribution in [0.2, 0.25) is 0 Å². The molecule has 1 aliphatic heterocycles. The SMILES string of the molecule is Nc1cc2c(c(O)c1O)Cc1ccccc1[S+]2[O-]. The third-order valence-corrected chi connectivity index (χ3v) is 4.67. The highest BCUT2D eigenvalue weighted by Gasteiger charge is 2.32. The van der Waals surface area contributed by atoms with Crippen LogP contribution in [0.5, 0.6) is 11.5 Å². The number of aromatic hydroxyl groups is 2. The number of anilines is 1. The Morgan fingerprint density at radius 2 is 1.83 bits per heavy atom. The minimum Gasteiger partial charge on any atom is -0.606 e. The fourth-order valence-electron chi connectivity index (χ4n) is 2.17. The molecule has 5 heteroatoms. The van der Waals surface area contributed by atoms with Crippen molar-refractivity contribution in [1.29, 1.82) is 0 Å². The predicted octanol–water partition coefficient (Wildman–Crippen LogP) is 1.75. The van der Waals surface area contributed by atoms with Crippen LogP contribution in [0.1, 0.15) is 11.1 Å². The maximum atomic E-state index is 12.4. The van der Waals surface area contributed by atoms with Gasteiger partial charge in [0.25, 0.3) is 0 Å². The van der Waals surface area contributed by atoms with Gasteiger partial charge in [0.2, 0.25) is 0 Å². The number of nitrogen functional groups attached to an aromatic ring is 1. The first kappa shape index (κ1) is 11.3. The summed E-state index contributed by atoms with van der Waals surface area (Å²) in [5.41, 5.74) is 7.00. The van der Waals surface area contributed by atoms with Crippen LogP contribution >= 0.6 is 0 Å². The number of hydrogen-bond acceptors (Lipinski definition) is 4. The lowest BCUT2D eigenvalue weighted by Gasteiger charge is -2.23. The Morgan fingerprint density at radius 1 is 1.11 bits per heavy atom. The van der Waals surface area contributed by atoms with Crippen LogP contribution in [0.4, 0.5) is 5.69 Å². The van der Waals surface area contributed by atoms with E-state index in [2.05, 4.69) is 0 Å². The summed E-state index contributed by atoms with van der Waals surface area (Å²) in [6, 6.07) is 8.81. The van der Waals surface area contributed by atoms with Crippen molar-refractivity contribution in [3.05, 3.63) is 41.5 Å². The average molecular weight is 261 g/mol. The van der Waals surface area contributed by atoms with Crippen molar-refractivity contribution >= 4 is 16.9 Å². The van der Waals surface area contributed by atoms with Crippen LogP contribution in [0, 0.1) is 0 Å². The standard InChI is InChI=1S/C13H11NO3S/c14-9-6-11-8(12(15)13(9)16)5-7-3-1-2-4-10(7)18(11)17/h1-4,6,15-16H,5,14H2. The van der Waals surface area contributed by atoms with Crippen molar-refractivity contribution in [1.82, 2.24) is 0 Å². The molecule has 92 valence electrons. The van der Waals surface area contributed by atoms with Crippen LogP contribution in [-0.2, 0) is 17.6 Å². The lowest BCUT2D eigenvalue weighted by Crippen LogP contribution is -2.15. The number of benzene rings is 2. The van der Waals surface area contributed by atoms with E-state index in [0.29, 0.717) is 16.9 Å². The lowest BCUT2D eigenvalue weighted by atomic mass is 10.0. The first-order chi connectivity index (χ1) is 8.59. The average Bonchev–Trinajstić information content (AvgIpc) is 2.38. The fourth-order valence-corrected chi connectivity index (χ4v) is 3.61. The molecule has 0 saturated carbocycles. The molecular weight excluding hydrogens is 250 g/mol. The van der Waals surface area contributed by atoms with E-state index in [1.807, 2.05) is 18.2 Å². The highest BCUT2D eigenvalue weighted by atomic mass is 32.2. The second-order valence-electron chi connectivity index (χ2n) is 4.19. The molecule has 4 N–H and O–H groups in total. The zero-order chi connectivity index (χ0) is 12.9. The Balaban J connectivity index is 2.25. The molecule has 0 saturated heterocycles. The molecule has 0 aliphatic carbocycles. The molecule has 1 heterocycles. The number of phenolic OH excluding ortho intramolecular Hbond substituents is 2. The van der Waals surface area contributed by atoms with Gasteiger partial charge in [-0.25, -0.2) is 0 Å². The Kier molecular flexibility index (Phi) is 2.39. The molecule has 0 radical (unpaired) electrons. The first-order valence-electron chi connectivity index (χ1n) is 5.42. The molecule has 1 atom stereocenters. The predicted molar refractivity (Wildman–Crippen MR) is 68.1 cm³/mol. The minimum absolute atomic E-state index is 0.0407. The summed E-state index contributed by atoms with van der Waals surface area (Å²) in [5.74, 6) is -0.613. The van der Waals surface area contributed by atoms with Gasteiger partial charge in [0.15, 0.2) is 21.3 Å². The molecule has 2 aromatic carbocycles. The Hall–Kier alpha value is -1.85. The normalized spacial score (nSPS) is 17.1. The van der Waals surface area contributed by atoms with Crippen molar-refractivity contribution in [2.24, 2.45) is 0 Å². The summed E-state index contributed by atoms with van der Waals surface area (Å²) < 4.78 is 12.4. The van der Waals surface area contributed by atoms with E-state index >= 15 is 0 Å². The molecule has 3 rings (SSSR count). The second kappa shape index (κ2) is 3.83. The van der Waals surface area contributed by atoms with Gasteiger partial charge in [-0.05, 0) is 6.07 Å². The molecule has 0 spiro atoms. The van der Waals surface area contributed by atoms with Gasteiger partial charge >= 0.3 is 0 Å². The van der Waals surface area contributed by atoms with Gasteiger partial charge in [0.05, 0.1) is 11.3 Å². The Morgan fingerprint density at radius 3 is 2.61 bits per heavy atom. The van der Waals surface area contributed by atoms with E-state index in [0.717, 1.165) is 10.5 Å². The Labute approximate surface area is 107 Å². The topological polar surface area (TPSA) is 89.5 Å². The summed E-state index contributed by atoms with van der Waals surface area (Å²) in [4.78, 5) is 1.20. The van der Waals surface area contributed by atoms with Crippen molar-refractivity contribution in [3.63, 3.8) is 0 Å². The lowest BCUT2D eigenvalue weighted by molar-refractivity contribution is 0.399. The zero-order valence-electron chi connectivity index (χ0n) is 9.38. The van der Waals surface area contributed by atoms with Crippen LogP contribution in [-0.4, -0.2) is 14.8 Å². The zero-order valence-corrected chi connectivity index (χ0v) is 10.2. The molecule has 1 unspecified atom stereocenters. The molecule has 0 amide bonds. The van der Waals surface area contributed by atoms with Crippen LogP contribution in [0.15, 0.2) is 40.1 Å². The van der Waals surface area contributed by atoms with Gasteiger partial charge in [-0.1, -0.05) is 18.2 Å². The van der Waals surface area contributed by atoms with E-state index < -0.39 is 11.2 Å². The number of hydrogen-bond donors (Lipinski definition) is 3. The molecule has 1 aliphatic rings. The van der Waals surface area contributed by atoms with Gasteiger partial charge in [0.1, 0.15) is 0 Å². The van der Waals surface area contributed by atoms with Gasteiger partial charge in [-0.3, -0.25) is 0 Å². The summed E-state index contributed by atoms with van der Waals surface area (Å²) >= 11 is -1.37. The smallest absolute Gasteiger partial charge is 0.181 e. The molecule has 0 fully saturated rings. The van der Waals surface area contributed by atoms with Crippen molar-refractivity contribution in [3.8, 4) is 11.5 Å². The van der Waals surface area contributed by atoms with E-state index in [-0.39, 0.29) is 17.2 Å². The molecular formula is C13H11NO3S. The van der Waals surface area contributed by atoms with Crippen LogP contribution < -0.4 is 5.73 Å². The minimum atomic E-state index is -1.37. The van der Waals surface area contributed by atoms with Crippen molar-refractivity contribution in [2.75, 3.05) is 5.73 Å². The summed E-state index contributed by atoms with van der Waals surface area (Å²) in [7, 11) is 0. The van der Waals surface area contributed by atoms with Crippen LogP contribution in [0.25, 0.3) is 0 Å². The van der Waals surface area contributed by atoms with Crippen LogP contribution in [0.3, 0.4) is 0 Å². The molecule has 4 nitrogen and oxygen atoms in total. The maximum Gasteiger partial charge on any atom is 0.181 e. The quantitative estimate of drug-likeness (QED) is 0.383. The van der Waals surface area contributed by atoms with E-state index in [9.17, 15) is 14.8 Å². The largest absolute Gasteiger partial charge is 0.606 e. The molecule has 0 bridgehead atoms. The first-order valence-corrected chi connectivity index (χ1v) is 6.57. The van der Waals surface area contributed by atoms with Crippen molar-refractivity contribution in [2.45, 2.75) is 16.2 Å². The molecule has 18 heavy (non-hydrogen) atoms. The van der Waals surface area contributed by atoms with Gasteiger partial charge in [-0.15, -0.1) is 0 Å². The highest BCUT2D eigenvalue weighted by molar-refractivity contribution is 7.91. The van der Waals surface area contributed by atoms with E-state index in [1.54, 1.807) is 6.07 Å². The van der Waals surface area contributed by atoms with Crippen molar-refractivity contribution < 1.29 is 14.8 Å². The maximum absolute atomic E-state index is 12.4. The number of nitrogens with two attached hydrogens (primary N) is 1. The number of fused-ring (bicyclic) bond motifs is 2. The third-order valence-electron chi connectivity index (χ3n) is 3.11. The summed E-state index contributed by atoms with van der Waals surface area (Å²) in [6.07, 6.45) is 0.441.